The second-order valence-electron chi connectivity index (χ2n) is 14.0. The molecule has 1 aliphatic rings. The van der Waals surface area contributed by atoms with E-state index in [1.165, 1.54) is 0 Å². The summed E-state index contributed by atoms with van der Waals surface area (Å²) < 4.78 is 18.7. The first kappa shape index (κ1) is 40.5. The standard InChI is InChI=1S/C46H51N3O6S/c1-53-41-15-8-9-16-43(41)56-31-38-28-42(35-21-19-32(30-50)20-22-35)55-46(54-38)36-25-23-34(24-26-36)37-12-10-11-33(27-37)29-48-44(51)17-4-2-3-5-18-45(52)49-40-14-7-6-13-39(40)47/h6-16,19-27,38,42,46,50H,2-5,17-18,28-31,47H2,1H3,(H,48,51)(H,49,52). The molecule has 0 radical (unpaired) electrons. The van der Waals surface area contributed by atoms with Crippen LogP contribution >= 0.6 is 11.8 Å². The summed E-state index contributed by atoms with van der Waals surface area (Å²) in [4.78, 5) is 25.9. The van der Waals surface area contributed by atoms with Crippen molar-refractivity contribution in [2.45, 2.75) is 81.5 Å². The highest BCUT2D eigenvalue weighted by molar-refractivity contribution is 7.99. The van der Waals surface area contributed by atoms with Gasteiger partial charge >= 0.3 is 0 Å². The largest absolute Gasteiger partial charge is 0.496 e. The van der Waals surface area contributed by atoms with Crippen LogP contribution in [0.25, 0.3) is 11.1 Å². The summed E-state index contributed by atoms with van der Waals surface area (Å²) in [5.74, 6) is 1.55. The maximum absolute atomic E-state index is 12.6. The van der Waals surface area contributed by atoms with Gasteiger partial charge in [0.2, 0.25) is 11.8 Å². The first-order valence-corrected chi connectivity index (χ1v) is 20.2. The molecule has 1 aliphatic heterocycles. The van der Waals surface area contributed by atoms with Gasteiger partial charge in [0.1, 0.15) is 5.75 Å². The van der Waals surface area contributed by atoms with Gasteiger partial charge in [0.15, 0.2) is 6.29 Å². The average Bonchev–Trinajstić information content (AvgIpc) is 3.24. The summed E-state index contributed by atoms with van der Waals surface area (Å²) in [5, 5.41) is 15.5. The van der Waals surface area contributed by atoms with Gasteiger partial charge in [-0.3, -0.25) is 9.59 Å². The number of aliphatic hydroxyl groups is 1. The molecule has 0 aliphatic carbocycles. The van der Waals surface area contributed by atoms with Crippen molar-refractivity contribution in [2.24, 2.45) is 0 Å². The Labute approximate surface area is 334 Å². The van der Waals surface area contributed by atoms with Crippen LogP contribution in [0.3, 0.4) is 0 Å². The van der Waals surface area contributed by atoms with E-state index in [0.717, 1.165) is 75.5 Å². The fraction of sp³-hybridized carbons (Fsp3) is 0.304. The minimum absolute atomic E-state index is 0.00218. The fourth-order valence-corrected chi connectivity index (χ4v) is 7.72. The molecule has 2 amide bonds. The lowest BCUT2D eigenvalue weighted by atomic mass is 9.99. The van der Waals surface area contributed by atoms with Gasteiger partial charge in [-0.05, 0) is 71.0 Å². The number of hydrogen-bond acceptors (Lipinski definition) is 8. The summed E-state index contributed by atoms with van der Waals surface area (Å²) in [6.07, 6.45) is 4.09. The Bertz CT molecular complexity index is 2020. The molecule has 9 nitrogen and oxygen atoms in total. The number of nitrogen functional groups attached to an aromatic ring is 1. The van der Waals surface area contributed by atoms with E-state index in [9.17, 15) is 14.7 Å². The summed E-state index contributed by atoms with van der Waals surface area (Å²) >= 11 is 1.71. The van der Waals surface area contributed by atoms with E-state index in [-0.39, 0.29) is 30.6 Å². The van der Waals surface area contributed by atoms with Gasteiger partial charge in [0.25, 0.3) is 0 Å². The highest BCUT2D eigenvalue weighted by Crippen LogP contribution is 2.41. The van der Waals surface area contributed by atoms with E-state index in [0.29, 0.717) is 37.2 Å². The average molecular weight is 774 g/mol. The molecule has 5 aromatic rings. The lowest BCUT2D eigenvalue weighted by Crippen LogP contribution is -2.31. The maximum atomic E-state index is 12.6. The topological polar surface area (TPSA) is 132 Å². The van der Waals surface area contributed by atoms with Gasteiger partial charge in [-0.2, -0.15) is 0 Å². The Kier molecular flexibility index (Phi) is 15.0. The highest BCUT2D eigenvalue weighted by atomic mass is 32.2. The number of hydrogen-bond donors (Lipinski definition) is 4. The molecule has 0 spiro atoms. The van der Waals surface area contributed by atoms with Crippen molar-refractivity contribution in [3.63, 3.8) is 0 Å². The number of nitrogens with two attached hydrogens (primary N) is 1. The molecule has 56 heavy (non-hydrogen) atoms. The molecule has 1 fully saturated rings. The summed E-state index contributed by atoms with van der Waals surface area (Å²) in [6.45, 7) is 0.448. The molecule has 5 N–H and O–H groups in total. The smallest absolute Gasteiger partial charge is 0.224 e. The van der Waals surface area contributed by atoms with E-state index in [1.54, 1.807) is 31.0 Å². The minimum Gasteiger partial charge on any atom is -0.496 e. The third-order valence-corrected chi connectivity index (χ3v) is 11.0. The van der Waals surface area contributed by atoms with Gasteiger partial charge in [-0.25, -0.2) is 0 Å². The number of anilines is 2. The van der Waals surface area contributed by atoms with Gasteiger partial charge < -0.3 is 35.7 Å². The minimum atomic E-state index is -0.552. The Morgan fingerprint density at radius 1 is 0.768 bits per heavy atom. The molecular formula is C46H51N3O6S. The lowest BCUT2D eigenvalue weighted by Gasteiger charge is -2.36. The van der Waals surface area contributed by atoms with Crippen molar-refractivity contribution in [2.75, 3.05) is 23.9 Å². The first-order valence-electron chi connectivity index (χ1n) is 19.2. The van der Waals surface area contributed by atoms with Crippen LogP contribution in [0.4, 0.5) is 11.4 Å². The van der Waals surface area contributed by atoms with Gasteiger partial charge in [-0.1, -0.05) is 104 Å². The molecule has 1 heterocycles. The van der Waals surface area contributed by atoms with Crippen molar-refractivity contribution < 1.29 is 28.9 Å². The molecule has 6 rings (SSSR count). The number of nitrogens with one attached hydrogen (secondary N) is 2. The van der Waals surface area contributed by atoms with E-state index in [4.69, 9.17) is 19.9 Å². The van der Waals surface area contributed by atoms with E-state index in [2.05, 4.69) is 53.1 Å². The maximum Gasteiger partial charge on any atom is 0.224 e. The SMILES string of the molecule is COc1ccccc1SCC1CC(c2ccc(CO)cc2)OC(c2ccc(-c3cccc(CNC(=O)CCCCCCC(=O)Nc4ccccc4N)c3)cc2)O1. The number of amides is 2. The number of carbonyl (C=O) groups is 2. The number of rotatable bonds is 18. The molecule has 3 unspecified atom stereocenters. The zero-order chi connectivity index (χ0) is 39.1. The Balaban J connectivity index is 0.990. The number of benzene rings is 5. The molecule has 0 saturated carbocycles. The van der Waals surface area contributed by atoms with Crippen LogP contribution in [-0.4, -0.2) is 35.9 Å². The lowest BCUT2D eigenvalue weighted by molar-refractivity contribution is -0.245. The third-order valence-electron chi connectivity index (χ3n) is 9.83. The number of aliphatic hydroxyl groups excluding tert-OH is 1. The number of thioether (sulfide) groups is 1. The normalized spacial score (nSPS) is 16.6. The van der Waals surface area contributed by atoms with Crippen molar-refractivity contribution in [3.8, 4) is 16.9 Å². The molecular weight excluding hydrogens is 723 g/mol. The van der Waals surface area contributed by atoms with Crippen LogP contribution in [0, 0.1) is 0 Å². The van der Waals surface area contributed by atoms with Crippen molar-refractivity contribution in [1.29, 1.82) is 0 Å². The molecule has 10 heteroatoms. The zero-order valence-corrected chi connectivity index (χ0v) is 32.6. The van der Waals surface area contributed by atoms with Gasteiger partial charge in [-0.15, -0.1) is 11.8 Å². The number of methoxy groups -OCH3 is 1. The van der Waals surface area contributed by atoms with Crippen LogP contribution in [0.15, 0.2) is 126 Å². The number of carbonyl (C=O) groups excluding carboxylic acids is 2. The Morgan fingerprint density at radius 3 is 2.23 bits per heavy atom. The van der Waals surface area contributed by atoms with Crippen molar-refractivity contribution >= 4 is 35.0 Å². The first-order chi connectivity index (χ1) is 27.4. The Morgan fingerprint density at radius 2 is 1.48 bits per heavy atom. The van der Waals surface area contributed by atoms with Crippen LogP contribution in [0.1, 0.15) is 79.6 Å². The molecule has 292 valence electrons. The summed E-state index contributed by atoms with van der Waals surface area (Å²) in [7, 11) is 1.69. The monoisotopic (exact) mass is 773 g/mol. The van der Waals surface area contributed by atoms with Crippen molar-refractivity contribution in [3.05, 3.63) is 144 Å². The van der Waals surface area contributed by atoms with E-state index < -0.39 is 6.29 Å². The summed E-state index contributed by atoms with van der Waals surface area (Å²) in [6, 6.07) is 39.7. The fourth-order valence-electron chi connectivity index (χ4n) is 6.67. The van der Waals surface area contributed by atoms with E-state index >= 15 is 0 Å². The van der Waals surface area contributed by atoms with Crippen molar-refractivity contribution in [1.82, 2.24) is 5.32 Å². The second-order valence-corrected chi connectivity index (χ2v) is 15.0. The predicted molar refractivity (Wildman–Crippen MR) is 223 cm³/mol. The molecule has 0 aromatic heterocycles. The second kappa shape index (κ2) is 20.7. The zero-order valence-electron chi connectivity index (χ0n) is 31.8. The molecule has 0 bridgehead atoms. The third kappa shape index (κ3) is 11.7. The molecule has 5 aromatic carbocycles. The van der Waals surface area contributed by atoms with Crippen LogP contribution in [-0.2, 0) is 32.2 Å². The predicted octanol–water partition coefficient (Wildman–Crippen LogP) is 9.37. The molecule has 1 saturated heterocycles. The summed E-state index contributed by atoms with van der Waals surface area (Å²) in [5.41, 5.74) is 13.1. The highest BCUT2D eigenvalue weighted by Gasteiger charge is 2.32. The molecule has 3 atom stereocenters. The van der Waals surface area contributed by atoms with Gasteiger partial charge in [0.05, 0.1) is 37.3 Å². The quantitative estimate of drug-likeness (QED) is 0.0394. The van der Waals surface area contributed by atoms with Crippen LogP contribution in [0.5, 0.6) is 5.75 Å². The van der Waals surface area contributed by atoms with Crippen LogP contribution in [0.2, 0.25) is 0 Å². The van der Waals surface area contributed by atoms with Gasteiger partial charge in [0, 0.05) is 42.0 Å². The number of ether oxygens (including phenoxy) is 3. The Hall–Kier alpha value is -5.13. The number of para-hydroxylation sites is 3. The van der Waals surface area contributed by atoms with Crippen LogP contribution < -0.4 is 21.1 Å². The van der Waals surface area contributed by atoms with E-state index in [1.807, 2.05) is 66.7 Å². The number of unbranched alkanes of at least 4 members (excludes halogenated alkanes) is 3.